The third-order valence-electron chi connectivity index (χ3n) is 4.48. The maximum absolute atomic E-state index is 12.3. The molecule has 22 heavy (non-hydrogen) atoms. The van der Waals surface area contributed by atoms with E-state index in [-0.39, 0.29) is 11.8 Å². The highest BCUT2D eigenvalue weighted by atomic mass is 79.9. The lowest BCUT2D eigenvalue weighted by Gasteiger charge is -2.32. The molecule has 1 amide bonds. The van der Waals surface area contributed by atoms with E-state index in [1.54, 1.807) is 26.1 Å². The largest absolute Gasteiger partial charge is 0.468 e. The number of halogens is 1. The molecule has 0 spiro atoms. The lowest BCUT2D eigenvalue weighted by molar-refractivity contribution is -0.144. The van der Waals surface area contributed by atoms with Crippen molar-refractivity contribution < 1.29 is 14.3 Å². The van der Waals surface area contributed by atoms with Crippen LogP contribution in [0.4, 0.5) is 0 Å². The maximum Gasteiger partial charge on any atom is 0.315 e. The van der Waals surface area contributed by atoms with E-state index in [0.717, 1.165) is 0 Å². The molecule has 0 aromatic carbocycles. The molecule has 0 radical (unpaired) electrons. The SMILES string of the molecule is COC(=O)C1C=C(Br)C=NC1(C)C1=NC(C)(C(C)C)C(=O)N1. The molecule has 0 aromatic heterocycles. The van der Waals surface area contributed by atoms with Crippen LogP contribution in [0.1, 0.15) is 27.7 Å². The van der Waals surface area contributed by atoms with E-state index in [1.165, 1.54) is 7.11 Å². The summed E-state index contributed by atoms with van der Waals surface area (Å²) in [6.07, 6.45) is 3.33. The van der Waals surface area contributed by atoms with Gasteiger partial charge in [-0.2, -0.15) is 0 Å². The lowest BCUT2D eigenvalue weighted by Crippen LogP contribution is -2.51. The van der Waals surface area contributed by atoms with Crippen molar-refractivity contribution in [3.05, 3.63) is 10.6 Å². The van der Waals surface area contributed by atoms with Crippen LogP contribution in [-0.4, -0.2) is 42.1 Å². The predicted molar refractivity (Wildman–Crippen MR) is 88.2 cm³/mol. The first-order valence-electron chi connectivity index (χ1n) is 7.07. The summed E-state index contributed by atoms with van der Waals surface area (Å²) in [5.74, 6) is -0.834. The first kappa shape index (κ1) is 16.9. The summed E-state index contributed by atoms with van der Waals surface area (Å²) in [5, 5.41) is 2.80. The minimum Gasteiger partial charge on any atom is -0.468 e. The molecule has 0 aromatic rings. The fraction of sp³-hybridized carbons (Fsp3) is 0.600. The zero-order chi connectivity index (χ0) is 16.7. The van der Waals surface area contributed by atoms with E-state index >= 15 is 0 Å². The molecular weight excluding hydrogens is 350 g/mol. The number of hydrogen-bond acceptors (Lipinski definition) is 5. The Balaban J connectivity index is 2.48. The van der Waals surface area contributed by atoms with Crippen molar-refractivity contribution in [3.63, 3.8) is 0 Å². The Kier molecular flexibility index (Phi) is 4.30. The summed E-state index contributed by atoms with van der Waals surface area (Å²) in [4.78, 5) is 33.5. The number of nitrogens with one attached hydrogen (secondary N) is 1. The van der Waals surface area contributed by atoms with Crippen LogP contribution < -0.4 is 5.32 Å². The fourth-order valence-corrected chi connectivity index (χ4v) is 2.82. The van der Waals surface area contributed by atoms with Gasteiger partial charge in [-0.1, -0.05) is 19.9 Å². The molecule has 0 aliphatic carbocycles. The molecule has 120 valence electrons. The summed E-state index contributed by atoms with van der Waals surface area (Å²) >= 11 is 3.32. The van der Waals surface area contributed by atoms with E-state index < -0.39 is 23.0 Å². The number of nitrogens with zero attached hydrogens (tertiary/aromatic N) is 2. The van der Waals surface area contributed by atoms with Crippen molar-refractivity contribution >= 4 is 39.9 Å². The van der Waals surface area contributed by atoms with Crippen molar-refractivity contribution in [1.29, 1.82) is 0 Å². The Labute approximate surface area is 138 Å². The van der Waals surface area contributed by atoms with Gasteiger partial charge in [-0.25, -0.2) is 0 Å². The van der Waals surface area contributed by atoms with E-state index in [1.807, 2.05) is 13.8 Å². The zero-order valence-corrected chi connectivity index (χ0v) is 14.9. The molecule has 3 unspecified atom stereocenters. The van der Waals surface area contributed by atoms with Crippen molar-refractivity contribution in [3.8, 4) is 0 Å². The van der Waals surface area contributed by atoms with Gasteiger partial charge in [0.2, 0.25) is 0 Å². The van der Waals surface area contributed by atoms with Crippen molar-refractivity contribution in [1.82, 2.24) is 5.32 Å². The molecule has 2 rings (SSSR count). The van der Waals surface area contributed by atoms with Crippen LogP contribution in [0, 0.1) is 11.8 Å². The van der Waals surface area contributed by atoms with Gasteiger partial charge in [-0.05, 0) is 35.7 Å². The van der Waals surface area contributed by atoms with Gasteiger partial charge < -0.3 is 10.1 Å². The van der Waals surface area contributed by atoms with E-state index in [2.05, 4.69) is 31.2 Å². The van der Waals surface area contributed by atoms with Gasteiger partial charge in [0.25, 0.3) is 5.91 Å². The monoisotopic (exact) mass is 369 g/mol. The summed E-state index contributed by atoms with van der Waals surface area (Å²) in [6, 6.07) is 0. The van der Waals surface area contributed by atoms with Crippen molar-refractivity contribution in [2.75, 3.05) is 7.11 Å². The third-order valence-corrected chi connectivity index (χ3v) is 4.95. The molecule has 0 fully saturated rings. The van der Waals surface area contributed by atoms with Gasteiger partial charge >= 0.3 is 5.97 Å². The number of rotatable bonds is 3. The molecule has 2 aliphatic heterocycles. The normalized spacial score (nSPS) is 34.3. The van der Waals surface area contributed by atoms with Crippen molar-refractivity contribution in [2.45, 2.75) is 38.8 Å². The number of methoxy groups -OCH3 is 1. The summed E-state index contributed by atoms with van der Waals surface area (Å²) < 4.78 is 5.56. The molecule has 0 saturated heterocycles. The Hall–Kier alpha value is -1.50. The van der Waals surface area contributed by atoms with Crippen molar-refractivity contribution in [2.24, 2.45) is 21.8 Å². The number of dihydropyridines is 1. The topological polar surface area (TPSA) is 80.1 Å². The first-order chi connectivity index (χ1) is 10.1. The van der Waals surface area contributed by atoms with Gasteiger partial charge in [-0.3, -0.25) is 19.6 Å². The minimum atomic E-state index is -0.993. The molecule has 3 atom stereocenters. The van der Waals surface area contributed by atoms with Crippen LogP contribution in [0.3, 0.4) is 0 Å². The van der Waals surface area contributed by atoms with Gasteiger partial charge in [0, 0.05) is 10.7 Å². The van der Waals surface area contributed by atoms with E-state index in [4.69, 9.17) is 4.74 Å². The molecular formula is C15H20BrN3O3. The number of ether oxygens (including phenoxy) is 1. The Morgan fingerprint density at radius 1 is 1.45 bits per heavy atom. The average molecular weight is 370 g/mol. The second-order valence-electron chi connectivity index (χ2n) is 6.17. The highest BCUT2D eigenvalue weighted by Gasteiger charge is 2.51. The van der Waals surface area contributed by atoms with Crippen LogP contribution in [0.25, 0.3) is 0 Å². The number of esters is 1. The minimum absolute atomic E-state index is 0.0278. The van der Waals surface area contributed by atoms with Gasteiger partial charge in [-0.15, -0.1) is 0 Å². The quantitative estimate of drug-likeness (QED) is 0.770. The highest BCUT2D eigenvalue weighted by Crippen LogP contribution is 2.35. The van der Waals surface area contributed by atoms with Crippen LogP contribution >= 0.6 is 15.9 Å². The molecule has 0 saturated carbocycles. The van der Waals surface area contributed by atoms with Crippen LogP contribution in [-0.2, 0) is 14.3 Å². The van der Waals surface area contributed by atoms with Crippen LogP contribution in [0.5, 0.6) is 0 Å². The lowest BCUT2D eigenvalue weighted by atomic mass is 9.83. The molecule has 0 bridgehead atoms. The average Bonchev–Trinajstić information content (AvgIpc) is 2.78. The molecule has 2 aliphatic rings. The number of amidine groups is 1. The first-order valence-corrected chi connectivity index (χ1v) is 7.86. The molecule has 6 nitrogen and oxygen atoms in total. The highest BCUT2D eigenvalue weighted by molar-refractivity contribution is 9.12. The zero-order valence-electron chi connectivity index (χ0n) is 13.3. The standard InChI is InChI=1S/C15H20BrN3O3/c1-8(2)14(3)13(21)18-12(19-14)15(4)10(11(20)22-5)6-9(16)7-17-15/h6-8,10H,1-5H3,(H,18,19,21). The number of allylic oxidation sites excluding steroid dienone is 1. The third kappa shape index (κ3) is 2.51. The van der Waals surface area contributed by atoms with Crippen LogP contribution in [0.2, 0.25) is 0 Å². The second-order valence-corrected chi connectivity index (χ2v) is 7.09. The van der Waals surface area contributed by atoms with E-state index in [0.29, 0.717) is 10.3 Å². The van der Waals surface area contributed by atoms with Gasteiger partial charge in [0.15, 0.2) is 0 Å². The Morgan fingerprint density at radius 2 is 2.09 bits per heavy atom. The summed E-state index contributed by atoms with van der Waals surface area (Å²) in [7, 11) is 1.33. The summed E-state index contributed by atoms with van der Waals surface area (Å²) in [6.45, 7) is 7.43. The van der Waals surface area contributed by atoms with Gasteiger partial charge in [0.1, 0.15) is 22.8 Å². The number of aliphatic imine (C=N–C) groups is 2. The Bertz CT molecular complexity index is 611. The Morgan fingerprint density at radius 3 is 2.59 bits per heavy atom. The number of carbonyl (C=O) groups is 2. The number of amides is 1. The number of hydrogen-bond donors (Lipinski definition) is 1. The smallest absolute Gasteiger partial charge is 0.315 e. The summed E-state index contributed by atoms with van der Waals surface area (Å²) in [5.41, 5.74) is -1.85. The molecule has 7 heteroatoms. The maximum atomic E-state index is 12.3. The fourth-order valence-electron chi connectivity index (χ4n) is 2.45. The van der Waals surface area contributed by atoms with Crippen LogP contribution in [0.15, 0.2) is 20.5 Å². The molecule has 2 heterocycles. The molecule has 1 N–H and O–H groups in total. The van der Waals surface area contributed by atoms with Gasteiger partial charge in [0.05, 0.1) is 7.11 Å². The van der Waals surface area contributed by atoms with E-state index in [9.17, 15) is 9.59 Å². The number of carbonyl (C=O) groups excluding carboxylic acids is 2. The predicted octanol–water partition coefficient (Wildman–Crippen LogP) is 1.84. The second kappa shape index (κ2) is 5.61.